The van der Waals surface area contributed by atoms with Crippen molar-refractivity contribution in [2.45, 2.75) is 51.7 Å². The number of carbonyl (C=O) groups excluding carboxylic acids is 1. The van der Waals surface area contributed by atoms with Gasteiger partial charge in [-0.25, -0.2) is 0 Å². The Hall–Kier alpha value is -0.610. The van der Waals surface area contributed by atoms with Gasteiger partial charge in [0.2, 0.25) is 5.91 Å². The van der Waals surface area contributed by atoms with Crippen LogP contribution in [0.4, 0.5) is 0 Å². The molecule has 1 aliphatic carbocycles. The van der Waals surface area contributed by atoms with Crippen molar-refractivity contribution < 1.29 is 9.53 Å². The Morgan fingerprint density at radius 1 is 1.47 bits per heavy atom. The maximum atomic E-state index is 12.0. The lowest BCUT2D eigenvalue weighted by molar-refractivity contribution is -0.207. The number of nitrogens with zero attached hydrogens (tertiary/aromatic N) is 1. The molecular formula is C13H26N2O2. The maximum absolute atomic E-state index is 12.0. The standard InChI is InChI=1S/C13H26N2O2/c1-12(2)10(9-13(12,3)17-5)15(4)11(16)7-6-8-14/h10H,6-9,14H2,1-5H3. The quantitative estimate of drug-likeness (QED) is 0.792. The highest BCUT2D eigenvalue weighted by molar-refractivity contribution is 5.76. The number of nitrogens with two attached hydrogens (primary N) is 1. The molecule has 1 amide bonds. The molecule has 0 bridgehead atoms. The highest BCUT2D eigenvalue weighted by atomic mass is 16.5. The first-order valence-corrected chi connectivity index (χ1v) is 6.31. The average molecular weight is 242 g/mol. The number of hydrogen-bond acceptors (Lipinski definition) is 3. The summed E-state index contributed by atoms with van der Waals surface area (Å²) in [4.78, 5) is 13.8. The van der Waals surface area contributed by atoms with E-state index < -0.39 is 0 Å². The van der Waals surface area contributed by atoms with Crippen molar-refractivity contribution in [1.29, 1.82) is 0 Å². The van der Waals surface area contributed by atoms with E-state index in [-0.39, 0.29) is 23.0 Å². The van der Waals surface area contributed by atoms with E-state index in [0.717, 1.165) is 12.8 Å². The van der Waals surface area contributed by atoms with Crippen molar-refractivity contribution in [3.8, 4) is 0 Å². The van der Waals surface area contributed by atoms with Gasteiger partial charge in [0, 0.05) is 32.0 Å². The SMILES string of the molecule is COC1(C)CC(N(C)C(=O)CCCN)C1(C)C. The summed E-state index contributed by atoms with van der Waals surface area (Å²) in [6.07, 6.45) is 2.21. The van der Waals surface area contributed by atoms with Gasteiger partial charge in [-0.3, -0.25) is 4.79 Å². The molecule has 1 saturated carbocycles. The first-order chi connectivity index (χ1) is 7.80. The molecule has 0 heterocycles. The van der Waals surface area contributed by atoms with Crippen molar-refractivity contribution in [2.24, 2.45) is 11.1 Å². The summed E-state index contributed by atoms with van der Waals surface area (Å²) in [5.74, 6) is 0.187. The number of carbonyl (C=O) groups is 1. The molecule has 2 atom stereocenters. The van der Waals surface area contributed by atoms with Gasteiger partial charge in [0.1, 0.15) is 0 Å². The fourth-order valence-corrected chi connectivity index (χ4v) is 2.68. The molecule has 100 valence electrons. The summed E-state index contributed by atoms with van der Waals surface area (Å²) >= 11 is 0. The Kier molecular flexibility index (Phi) is 4.20. The van der Waals surface area contributed by atoms with Gasteiger partial charge >= 0.3 is 0 Å². The second kappa shape index (κ2) is 4.94. The molecule has 0 spiro atoms. The van der Waals surface area contributed by atoms with Crippen molar-refractivity contribution >= 4 is 5.91 Å². The predicted molar refractivity (Wildman–Crippen MR) is 68.7 cm³/mol. The zero-order chi connectivity index (χ0) is 13.3. The molecule has 1 aliphatic rings. The van der Waals surface area contributed by atoms with Gasteiger partial charge in [0.25, 0.3) is 0 Å². The van der Waals surface area contributed by atoms with Crippen LogP contribution in [0, 0.1) is 5.41 Å². The predicted octanol–water partition coefficient (Wildman–Crippen LogP) is 1.39. The van der Waals surface area contributed by atoms with E-state index in [9.17, 15) is 4.79 Å². The summed E-state index contributed by atoms with van der Waals surface area (Å²) in [5.41, 5.74) is 5.30. The zero-order valence-corrected chi connectivity index (χ0v) is 11.7. The third-order valence-electron chi connectivity index (χ3n) is 4.69. The Morgan fingerprint density at radius 2 is 2.06 bits per heavy atom. The molecule has 4 nitrogen and oxygen atoms in total. The van der Waals surface area contributed by atoms with Crippen molar-refractivity contribution in [2.75, 3.05) is 20.7 Å². The first-order valence-electron chi connectivity index (χ1n) is 6.31. The molecule has 1 rings (SSSR count). The number of ether oxygens (including phenoxy) is 1. The van der Waals surface area contributed by atoms with Crippen LogP contribution in [0.25, 0.3) is 0 Å². The Morgan fingerprint density at radius 3 is 2.47 bits per heavy atom. The molecule has 1 fully saturated rings. The van der Waals surface area contributed by atoms with E-state index in [2.05, 4.69) is 20.8 Å². The highest BCUT2D eigenvalue weighted by Gasteiger charge is 2.59. The lowest BCUT2D eigenvalue weighted by Gasteiger charge is -2.61. The monoisotopic (exact) mass is 242 g/mol. The minimum absolute atomic E-state index is 0.00508. The first kappa shape index (κ1) is 14.5. The normalized spacial score (nSPS) is 30.8. The van der Waals surface area contributed by atoms with Gasteiger partial charge in [-0.05, 0) is 26.3 Å². The van der Waals surface area contributed by atoms with E-state index in [0.29, 0.717) is 13.0 Å². The molecular weight excluding hydrogens is 216 g/mol. The van der Waals surface area contributed by atoms with Crippen LogP contribution >= 0.6 is 0 Å². The van der Waals surface area contributed by atoms with Crippen LogP contribution in [0.3, 0.4) is 0 Å². The molecule has 0 aliphatic heterocycles. The van der Waals surface area contributed by atoms with E-state index in [1.165, 1.54) is 0 Å². The van der Waals surface area contributed by atoms with Crippen molar-refractivity contribution in [3.05, 3.63) is 0 Å². The van der Waals surface area contributed by atoms with Crippen molar-refractivity contribution in [1.82, 2.24) is 4.90 Å². The van der Waals surface area contributed by atoms with Gasteiger partial charge < -0.3 is 15.4 Å². The lowest BCUT2D eigenvalue weighted by Crippen LogP contribution is -2.68. The van der Waals surface area contributed by atoms with Crippen molar-refractivity contribution in [3.63, 3.8) is 0 Å². The van der Waals surface area contributed by atoms with E-state index in [4.69, 9.17) is 10.5 Å². The van der Waals surface area contributed by atoms with Crippen LogP contribution in [0.2, 0.25) is 0 Å². The third-order valence-corrected chi connectivity index (χ3v) is 4.69. The van der Waals surface area contributed by atoms with Gasteiger partial charge in [-0.15, -0.1) is 0 Å². The lowest BCUT2D eigenvalue weighted by atomic mass is 9.55. The number of methoxy groups -OCH3 is 1. The smallest absolute Gasteiger partial charge is 0.222 e. The minimum Gasteiger partial charge on any atom is -0.378 e. The Labute approximate surface area is 104 Å². The summed E-state index contributed by atoms with van der Waals surface area (Å²) in [6, 6.07) is 0.262. The van der Waals surface area contributed by atoms with Crippen LogP contribution in [0.5, 0.6) is 0 Å². The largest absolute Gasteiger partial charge is 0.378 e. The zero-order valence-electron chi connectivity index (χ0n) is 11.7. The molecule has 0 radical (unpaired) electrons. The van der Waals surface area contributed by atoms with E-state index in [1.807, 2.05) is 11.9 Å². The van der Waals surface area contributed by atoms with E-state index >= 15 is 0 Å². The summed E-state index contributed by atoms with van der Waals surface area (Å²) < 4.78 is 5.57. The third kappa shape index (κ3) is 2.33. The molecule has 0 aromatic rings. The number of amides is 1. The topological polar surface area (TPSA) is 55.6 Å². The molecule has 2 unspecified atom stereocenters. The maximum Gasteiger partial charge on any atom is 0.222 e. The molecule has 2 N–H and O–H groups in total. The molecule has 17 heavy (non-hydrogen) atoms. The molecule has 0 saturated heterocycles. The van der Waals surface area contributed by atoms with Crippen LogP contribution in [-0.2, 0) is 9.53 Å². The molecule has 0 aromatic carbocycles. The van der Waals surface area contributed by atoms with Crippen LogP contribution in [0.1, 0.15) is 40.0 Å². The number of rotatable bonds is 5. The van der Waals surface area contributed by atoms with Gasteiger partial charge in [-0.1, -0.05) is 13.8 Å². The van der Waals surface area contributed by atoms with Gasteiger partial charge in [-0.2, -0.15) is 0 Å². The second-order valence-electron chi connectivity index (χ2n) is 5.77. The van der Waals surface area contributed by atoms with Crippen LogP contribution < -0.4 is 5.73 Å². The molecule has 4 heteroatoms. The summed E-state index contributed by atoms with van der Waals surface area (Å²) in [5, 5.41) is 0. The second-order valence-corrected chi connectivity index (χ2v) is 5.77. The van der Waals surface area contributed by atoms with Gasteiger partial charge in [0.15, 0.2) is 0 Å². The average Bonchev–Trinajstić information content (AvgIpc) is 2.31. The Bertz CT molecular complexity index is 291. The summed E-state index contributed by atoms with van der Waals surface area (Å²) in [6.45, 7) is 7.01. The highest BCUT2D eigenvalue weighted by Crippen LogP contribution is 2.53. The van der Waals surface area contributed by atoms with Crippen LogP contribution in [0.15, 0.2) is 0 Å². The van der Waals surface area contributed by atoms with Crippen LogP contribution in [-0.4, -0.2) is 43.2 Å². The minimum atomic E-state index is -0.125. The summed E-state index contributed by atoms with van der Waals surface area (Å²) in [7, 11) is 3.63. The fourth-order valence-electron chi connectivity index (χ4n) is 2.68. The molecule has 0 aromatic heterocycles. The van der Waals surface area contributed by atoms with Gasteiger partial charge in [0.05, 0.1) is 5.60 Å². The number of hydrogen-bond donors (Lipinski definition) is 1. The van der Waals surface area contributed by atoms with E-state index in [1.54, 1.807) is 7.11 Å². The Balaban J connectivity index is 2.62. The fraction of sp³-hybridized carbons (Fsp3) is 0.923.